The minimum Gasteiger partial charge on any atom is -0.284 e. The Morgan fingerprint density at radius 1 is 1.33 bits per heavy atom. The molecule has 0 bridgehead atoms. The van der Waals surface area contributed by atoms with Crippen LogP contribution in [0.15, 0.2) is 34.2 Å². The van der Waals surface area contributed by atoms with Gasteiger partial charge in [-0.05, 0) is 25.0 Å². The van der Waals surface area contributed by atoms with E-state index in [2.05, 4.69) is 11.1 Å². The summed E-state index contributed by atoms with van der Waals surface area (Å²) < 4.78 is 1.87. The Balaban J connectivity index is 2.10. The number of nitrogens with zero attached hydrogens (tertiary/aromatic N) is 3. The number of aromatic nitrogens is 2. The summed E-state index contributed by atoms with van der Waals surface area (Å²) in [5.41, 5.74) is 0.808. The van der Waals surface area contributed by atoms with Gasteiger partial charge in [-0.1, -0.05) is 36.7 Å². The monoisotopic (exact) mass is 299 g/mol. The van der Waals surface area contributed by atoms with E-state index in [-0.39, 0.29) is 11.6 Å². The number of thioether (sulfide) groups is 1. The predicted molar refractivity (Wildman–Crippen MR) is 84.5 cm³/mol. The molecule has 0 unspecified atom stereocenters. The smallest absolute Gasteiger partial charge is 0.262 e. The van der Waals surface area contributed by atoms with Gasteiger partial charge in [-0.2, -0.15) is 5.26 Å². The number of benzene rings is 1. The van der Waals surface area contributed by atoms with Crippen molar-refractivity contribution in [3.63, 3.8) is 0 Å². The molecule has 2 aromatic rings. The highest BCUT2D eigenvalue weighted by Crippen LogP contribution is 2.32. The number of hydrogen-bond donors (Lipinski definition) is 0. The highest BCUT2D eigenvalue weighted by atomic mass is 32.2. The molecular weight excluding hydrogens is 282 g/mol. The van der Waals surface area contributed by atoms with E-state index in [1.54, 1.807) is 0 Å². The maximum Gasteiger partial charge on any atom is 0.262 e. The second kappa shape index (κ2) is 6.31. The van der Waals surface area contributed by atoms with Crippen molar-refractivity contribution in [2.24, 2.45) is 0 Å². The fourth-order valence-corrected chi connectivity index (χ4v) is 3.81. The third kappa shape index (κ3) is 2.81. The van der Waals surface area contributed by atoms with Gasteiger partial charge in [0.05, 0.1) is 17.0 Å². The van der Waals surface area contributed by atoms with E-state index in [9.17, 15) is 4.79 Å². The summed E-state index contributed by atoms with van der Waals surface area (Å²) in [6, 6.07) is 9.92. The molecule has 3 rings (SSSR count). The van der Waals surface area contributed by atoms with E-state index in [0.717, 1.165) is 23.5 Å². The number of nitriles is 1. The van der Waals surface area contributed by atoms with Gasteiger partial charge >= 0.3 is 0 Å². The van der Waals surface area contributed by atoms with Crippen LogP contribution in [0.3, 0.4) is 0 Å². The van der Waals surface area contributed by atoms with Crippen LogP contribution in [0.5, 0.6) is 0 Å². The van der Waals surface area contributed by atoms with Crippen LogP contribution in [0.2, 0.25) is 0 Å². The minimum atomic E-state index is 0.0620. The molecule has 1 saturated carbocycles. The second-order valence-corrected chi connectivity index (χ2v) is 6.34. The van der Waals surface area contributed by atoms with E-state index in [0.29, 0.717) is 17.6 Å². The van der Waals surface area contributed by atoms with Crippen LogP contribution in [-0.2, 0) is 0 Å². The van der Waals surface area contributed by atoms with Crippen LogP contribution in [-0.4, -0.2) is 15.3 Å². The Morgan fingerprint density at radius 2 is 2.10 bits per heavy atom. The summed E-state index contributed by atoms with van der Waals surface area (Å²) in [7, 11) is 0. The summed E-state index contributed by atoms with van der Waals surface area (Å²) in [6.45, 7) is 0. The normalized spacial score (nSPS) is 15.4. The quantitative estimate of drug-likeness (QED) is 0.492. The van der Waals surface area contributed by atoms with E-state index in [4.69, 9.17) is 5.26 Å². The molecule has 1 aliphatic rings. The third-order valence-corrected chi connectivity index (χ3v) is 4.86. The molecule has 0 aliphatic heterocycles. The highest BCUT2D eigenvalue weighted by Gasteiger charge is 2.22. The molecular formula is C16H17N3OS. The largest absolute Gasteiger partial charge is 0.284 e. The summed E-state index contributed by atoms with van der Waals surface area (Å²) in [5, 5.41) is 10.2. The first-order valence-corrected chi connectivity index (χ1v) is 8.31. The van der Waals surface area contributed by atoms with Gasteiger partial charge in [-0.25, -0.2) is 4.98 Å². The number of para-hydroxylation sites is 1. The molecule has 0 atom stereocenters. The summed E-state index contributed by atoms with van der Waals surface area (Å²) in [5.74, 6) is 0.675. The van der Waals surface area contributed by atoms with Gasteiger partial charge in [0.1, 0.15) is 0 Å². The molecule has 1 aromatic heterocycles. The van der Waals surface area contributed by atoms with Crippen LogP contribution in [0.4, 0.5) is 0 Å². The fraction of sp³-hybridized carbons (Fsp3) is 0.438. The molecule has 4 nitrogen and oxygen atoms in total. The van der Waals surface area contributed by atoms with Crippen LogP contribution in [0.1, 0.15) is 38.1 Å². The van der Waals surface area contributed by atoms with Gasteiger partial charge in [-0.15, -0.1) is 0 Å². The molecule has 1 aromatic carbocycles. The maximum atomic E-state index is 12.8. The molecule has 0 radical (unpaired) electrons. The van der Waals surface area contributed by atoms with Crippen molar-refractivity contribution in [3.8, 4) is 6.07 Å². The van der Waals surface area contributed by atoms with Crippen LogP contribution >= 0.6 is 11.8 Å². The molecule has 0 amide bonds. The molecule has 21 heavy (non-hydrogen) atoms. The average Bonchev–Trinajstić information content (AvgIpc) is 3.02. The zero-order valence-electron chi connectivity index (χ0n) is 11.8. The lowest BCUT2D eigenvalue weighted by Gasteiger charge is -2.18. The van der Waals surface area contributed by atoms with Crippen LogP contribution in [0.25, 0.3) is 10.9 Å². The molecule has 0 saturated heterocycles. The van der Waals surface area contributed by atoms with Gasteiger partial charge < -0.3 is 0 Å². The molecule has 5 heteroatoms. The summed E-state index contributed by atoms with van der Waals surface area (Å²) in [6.07, 6.45) is 4.91. The topological polar surface area (TPSA) is 58.7 Å². The maximum absolute atomic E-state index is 12.8. The van der Waals surface area contributed by atoms with Crippen molar-refractivity contribution >= 4 is 22.7 Å². The average molecular weight is 299 g/mol. The zero-order chi connectivity index (χ0) is 14.7. The van der Waals surface area contributed by atoms with E-state index < -0.39 is 0 Å². The van der Waals surface area contributed by atoms with Crippen molar-refractivity contribution in [2.45, 2.75) is 43.3 Å². The van der Waals surface area contributed by atoms with Crippen molar-refractivity contribution < 1.29 is 0 Å². The van der Waals surface area contributed by atoms with Crippen LogP contribution < -0.4 is 5.56 Å². The molecule has 108 valence electrons. The molecule has 0 spiro atoms. The van der Waals surface area contributed by atoms with Gasteiger partial charge in [0.2, 0.25) is 0 Å². The minimum absolute atomic E-state index is 0.0620. The van der Waals surface area contributed by atoms with Gasteiger partial charge in [-0.3, -0.25) is 9.36 Å². The lowest BCUT2D eigenvalue weighted by molar-refractivity contribution is 0.457. The summed E-state index contributed by atoms with van der Waals surface area (Å²) >= 11 is 1.52. The van der Waals surface area contributed by atoms with Gasteiger partial charge in [0.15, 0.2) is 5.16 Å². The Labute approximate surface area is 127 Å². The molecule has 1 aliphatic carbocycles. The first kappa shape index (κ1) is 14.2. The highest BCUT2D eigenvalue weighted by molar-refractivity contribution is 7.99. The van der Waals surface area contributed by atoms with Crippen molar-refractivity contribution in [1.29, 1.82) is 5.26 Å². The predicted octanol–water partition coefficient (Wildman–Crippen LogP) is 3.52. The Hall–Kier alpha value is -1.80. The van der Waals surface area contributed by atoms with Crippen molar-refractivity contribution in [2.75, 3.05) is 5.75 Å². The van der Waals surface area contributed by atoms with Crippen molar-refractivity contribution in [1.82, 2.24) is 9.55 Å². The van der Waals surface area contributed by atoms with E-state index >= 15 is 0 Å². The number of fused-ring (bicyclic) bond motifs is 1. The number of rotatable bonds is 4. The van der Waals surface area contributed by atoms with Crippen molar-refractivity contribution in [3.05, 3.63) is 34.6 Å². The fourth-order valence-electron chi connectivity index (χ4n) is 2.90. The number of hydrogen-bond acceptors (Lipinski definition) is 4. The lowest BCUT2D eigenvalue weighted by atomic mass is 10.2. The third-order valence-electron chi connectivity index (χ3n) is 3.91. The van der Waals surface area contributed by atoms with Gasteiger partial charge in [0.25, 0.3) is 5.56 Å². The van der Waals surface area contributed by atoms with Gasteiger partial charge in [0, 0.05) is 18.2 Å². The summed E-state index contributed by atoms with van der Waals surface area (Å²) in [4.78, 5) is 17.5. The molecule has 0 N–H and O–H groups in total. The second-order valence-electron chi connectivity index (χ2n) is 5.28. The van der Waals surface area contributed by atoms with E-state index in [1.807, 2.05) is 28.8 Å². The zero-order valence-corrected chi connectivity index (χ0v) is 12.6. The van der Waals surface area contributed by atoms with E-state index in [1.165, 1.54) is 24.6 Å². The first-order valence-electron chi connectivity index (χ1n) is 7.32. The SMILES string of the molecule is N#CCCSc1nc2ccccc2c(=O)n1C1CCCC1. The van der Waals surface area contributed by atoms with Crippen LogP contribution in [0, 0.1) is 11.3 Å². The molecule has 1 fully saturated rings. The standard InChI is InChI=1S/C16H17N3OS/c17-10-5-11-21-16-18-14-9-4-3-8-13(14)15(20)19(16)12-6-1-2-7-12/h3-4,8-9,12H,1-2,5-7,11H2. The Bertz CT molecular complexity index is 741. The lowest BCUT2D eigenvalue weighted by Crippen LogP contribution is -2.26. The first-order chi connectivity index (χ1) is 10.3. The Morgan fingerprint density at radius 3 is 2.86 bits per heavy atom. The Kier molecular flexibility index (Phi) is 4.26. The molecule has 1 heterocycles.